The van der Waals surface area contributed by atoms with Crippen LogP contribution in [0.5, 0.6) is 0 Å². The van der Waals surface area contributed by atoms with Crippen molar-refractivity contribution in [1.82, 2.24) is 14.5 Å². The van der Waals surface area contributed by atoms with Crippen LogP contribution in [0.1, 0.15) is 52.3 Å². The monoisotopic (exact) mass is 315 g/mol. The summed E-state index contributed by atoms with van der Waals surface area (Å²) in [6.07, 6.45) is 10.7. The third-order valence-corrected chi connectivity index (χ3v) is 5.84. The minimum atomic E-state index is 0.221. The van der Waals surface area contributed by atoms with Crippen molar-refractivity contribution in [3.8, 4) is 0 Å². The van der Waals surface area contributed by atoms with E-state index in [0.29, 0.717) is 12.6 Å². The van der Waals surface area contributed by atoms with E-state index in [-0.39, 0.29) is 5.91 Å². The van der Waals surface area contributed by atoms with Crippen molar-refractivity contribution < 1.29 is 4.79 Å². The Morgan fingerprint density at radius 1 is 1.41 bits per heavy atom. The number of imidazole rings is 1. The molecule has 0 bridgehead atoms. The summed E-state index contributed by atoms with van der Waals surface area (Å²) in [5.41, 5.74) is 2.74. The Kier molecular flexibility index (Phi) is 3.53. The van der Waals surface area contributed by atoms with Crippen LogP contribution in [0.2, 0.25) is 0 Å². The summed E-state index contributed by atoms with van der Waals surface area (Å²) >= 11 is 1.65. The first-order valence-electron chi connectivity index (χ1n) is 8.10. The molecular formula is C17H21N3OS. The molecule has 22 heavy (non-hydrogen) atoms. The van der Waals surface area contributed by atoms with E-state index in [0.717, 1.165) is 36.4 Å². The highest BCUT2D eigenvalue weighted by molar-refractivity contribution is 7.12. The van der Waals surface area contributed by atoms with Crippen LogP contribution < -0.4 is 0 Å². The van der Waals surface area contributed by atoms with E-state index < -0.39 is 0 Å². The predicted molar refractivity (Wildman–Crippen MR) is 87.1 cm³/mol. The number of amides is 1. The Hall–Kier alpha value is -1.62. The lowest BCUT2D eigenvalue weighted by atomic mass is 9.93. The molecule has 4 rings (SSSR count). The third-order valence-electron chi connectivity index (χ3n) is 4.78. The van der Waals surface area contributed by atoms with Gasteiger partial charge in [0, 0.05) is 25.5 Å². The molecule has 2 aromatic rings. The van der Waals surface area contributed by atoms with Gasteiger partial charge in [-0.25, -0.2) is 4.98 Å². The molecule has 2 aliphatic rings. The standard InChI is InChI=1S/C17H21N3OS/c1-19-9-8-18-15(19)10-20(13-6-7-13)17(21)16-14-5-3-2-4-12(14)11-22-16/h8-9,11,13H,2-7,10H2,1H3. The SMILES string of the molecule is Cn1ccnc1CN(C(=O)c1scc2c1CCCC2)C1CC1. The van der Waals surface area contributed by atoms with E-state index >= 15 is 0 Å². The minimum Gasteiger partial charge on any atom is -0.337 e. The molecule has 0 unspecified atom stereocenters. The summed E-state index contributed by atoms with van der Waals surface area (Å²) in [6, 6.07) is 0.408. The van der Waals surface area contributed by atoms with Gasteiger partial charge in [0.2, 0.25) is 0 Å². The molecule has 2 aliphatic carbocycles. The van der Waals surface area contributed by atoms with Crippen molar-refractivity contribution in [3.63, 3.8) is 0 Å². The number of nitrogens with zero attached hydrogens (tertiary/aromatic N) is 3. The van der Waals surface area contributed by atoms with Crippen molar-refractivity contribution >= 4 is 17.2 Å². The van der Waals surface area contributed by atoms with Gasteiger partial charge >= 0.3 is 0 Å². The molecule has 1 fully saturated rings. The number of thiophene rings is 1. The maximum absolute atomic E-state index is 13.1. The number of fused-ring (bicyclic) bond motifs is 1. The van der Waals surface area contributed by atoms with Crippen molar-refractivity contribution in [3.05, 3.63) is 39.6 Å². The highest BCUT2D eigenvalue weighted by atomic mass is 32.1. The molecule has 2 heterocycles. The number of aryl methyl sites for hydroxylation is 2. The molecule has 0 atom stereocenters. The van der Waals surface area contributed by atoms with Gasteiger partial charge in [-0.05, 0) is 55.0 Å². The number of hydrogen-bond donors (Lipinski definition) is 0. The fraction of sp³-hybridized carbons (Fsp3) is 0.529. The fourth-order valence-electron chi connectivity index (χ4n) is 3.28. The van der Waals surface area contributed by atoms with Crippen molar-refractivity contribution in [1.29, 1.82) is 0 Å². The Morgan fingerprint density at radius 3 is 2.95 bits per heavy atom. The van der Waals surface area contributed by atoms with Crippen molar-refractivity contribution in [2.24, 2.45) is 7.05 Å². The van der Waals surface area contributed by atoms with Crippen molar-refractivity contribution in [2.45, 2.75) is 51.1 Å². The van der Waals surface area contributed by atoms with Gasteiger partial charge < -0.3 is 9.47 Å². The summed E-state index contributed by atoms with van der Waals surface area (Å²) in [5.74, 6) is 1.18. The quantitative estimate of drug-likeness (QED) is 0.869. The largest absolute Gasteiger partial charge is 0.337 e. The number of carbonyl (C=O) groups excluding carboxylic acids is 1. The van der Waals surface area contributed by atoms with E-state index in [2.05, 4.69) is 10.4 Å². The summed E-state index contributed by atoms with van der Waals surface area (Å²) in [4.78, 5) is 20.5. The van der Waals surface area contributed by atoms with Crippen LogP contribution in [0.15, 0.2) is 17.8 Å². The molecule has 0 aromatic carbocycles. The molecule has 0 N–H and O–H groups in total. The second-order valence-corrected chi connectivity index (χ2v) is 7.27. The summed E-state index contributed by atoms with van der Waals surface area (Å²) in [6.45, 7) is 0.625. The van der Waals surface area contributed by atoms with E-state index in [4.69, 9.17) is 0 Å². The van der Waals surface area contributed by atoms with Crippen LogP contribution in [-0.2, 0) is 26.4 Å². The third kappa shape index (κ3) is 2.47. The van der Waals surface area contributed by atoms with E-state index in [1.165, 1.54) is 24.0 Å². The molecule has 0 radical (unpaired) electrons. The van der Waals surface area contributed by atoms with Crippen LogP contribution in [-0.4, -0.2) is 26.4 Å². The normalized spacial score (nSPS) is 17.3. The lowest BCUT2D eigenvalue weighted by Gasteiger charge is -2.23. The van der Waals surface area contributed by atoms with Gasteiger partial charge in [0.1, 0.15) is 5.82 Å². The van der Waals surface area contributed by atoms with E-state index in [1.807, 2.05) is 22.7 Å². The first-order valence-corrected chi connectivity index (χ1v) is 8.98. The maximum Gasteiger partial charge on any atom is 0.264 e. The Labute approximate surface area is 134 Å². The van der Waals surface area contributed by atoms with Crippen LogP contribution >= 0.6 is 11.3 Å². The average molecular weight is 315 g/mol. The second kappa shape index (κ2) is 5.54. The smallest absolute Gasteiger partial charge is 0.264 e. The molecular weight excluding hydrogens is 294 g/mol. The molecule has 1 saturated carbocycles. The molecule has 0 spiro atoms. The molecule has 5 heteroatoms. The summed E-state index contributed by atoms with van der Waals surface area (Å²) < 4.78 is 2.01. The average Bonchev–Trinajstić information content (AvgIpc) is 3.15. The number of carbonyl (C=O) groups is 1. The van der Waals surface area contributed by atoms with Crippen LogP contribution in [0.3, 0.4) is 0 Å². The zero-order valence-corrected chi connectivity index (χ0v) is 13.7. The van der Waals surface area contributed by atoms with Gasteiger partial charge in [0.25, 0.3) is 5.91 Å². The van der Waals surface area contributed by atoms with Gasteiger partial charge in [-0.1, -0.05) is 0 Å². The first kappa shape index (κ1) is 14.0. The predicted octanol–water partition coefficient (Wildman–Crippen LogP) is 3.17. The van der Waals surface area contributed by atoms with Gasteiger partial charge in [-0.3, -0.25) is 4.79 Å². The Bertz CT molecular complexity index is 699. The summed E-state index contributed by atoms with van der Waals surface area (Å²) in [5, 5.41) is 2.20. The van der Waals surface area contributed by atoms with Gasteiger partial charge in [0.05, 0.1) is 11.4 Å². The van der Waals surface area contributed by atoms with Gasteiger partial charge in [-0.2, -0.15) is 0 Å². The highest BCUT2D eigenvalue weighted by Crippen LogP contribution is 2.34. The highest BCUT2D eigenvalue weighted by Gasteiger charge is 2.35. The zero-order valence-electron chi connectivity index (χ0n) is 12.9. The number of aromatic nitrogens is 2. The Balaban J connectivity index is 1.61. The van der Waals surface area contributed by atoms with Crippen LogP contribution in [0.25, 0.3) is 0 Å². The maximum atomic E-state index is 13.1. The van der Waals surface area contributed by atoms with Gasteiger partial charge in [0.15, 0.2) is 0 Å². The van der Waals surface area contributed by atoms with Gasteiger partial charge in [-0.15, -0.1) is 11.3 Å². The zero-order chi connectivity index (χ0) is 15.1. The van der Waals surface area contributed by atoms with E-state index in [9.17, 15) is 4.79 Å². The Morgan fingerprint density at radius 2 is 2.23 bits per heavy atom. The first-order chi connectivity index (χ1) is 10.7. The lowest BCUT2D eigenvalue weighted by Crippen LogP contribution is -2.33. The molecule has 4 nitrogen and oxygen atoms in total. The van der Waals surface area contributed by atoms with Crippen LogP contribution in [0, 0.1) is 0 Å². The molecule has 2 aromatic heterocycles. The summed E-state index contributed by atoms with van der Waals surface area (Å²) in [7, 11) is 1.99. The minimum absolute atomic E-state index is 0.221. The topological polar surface area (TPSA) is 38.1 Å². The second-order valence-electron chi connectivity index (χ2n) is 6.39. The van der Waals surface area contributed by atoms with Crippen molar-refractivity contribution in [2.75, 3.05) is 0 Å². The number of hydrogen-bond acceptors (Lipinski definition) is 3. The fourth-order valence-corrected chi connectivity index (χ4v) is 4.40. The molecule has 0 aliphatic heterocycles. The lowest BCUT2D eigenvalue weighted by molar-refractivity contribution is 0.0727. The molecule has 1 amide bonds. The molecule has 116 valence electrons. The van der Waals surface area contributed by atoms with Crippen LogP contribution in [0.4, 0.5) is 0 Å². The van der Waals surface area contributed by atoms with E-state index in [1.54, 1.807) is 17.5 Å². The number of rotatable bonds is 4. The molecule has 0 saturated heterocycles.